The Morgan fingerprint density at radius 1 is 1.32 bits per heavy atom. The van der Waals surface area contributed by atoms with Gasteiger partial charge in [0.25, 0.3) is 5.56 Å². The molecule has 0 aliphatic carbocycles. The van der Waals surface area contributed by atoms with Crippen molar-refractivity contribution < 1.29 is 41.2 Å². The fourth-order valence-electron chi connectivity index (χ4n) is 4.63. The van der Waals surface area contributed by atoms with Gasteiger partial charge in [-0.15, -0.1) is 0 Å². The molecule has 4 aromatic heterocycles. The number of nitrogen functional groups attached to an aromatic ring is 1. The van der Waals surface area contributed by atoms with Gasteiger partial charge in [-0.25, -0.2) is 23.5 Å². The minimum atomic E-state index is -4.16. The lowest BCUT2D eigenvalue weighted by Gasteiger charge is -2.25. The first-order valence-corrected chi connectivity index (χ1v) is 17.2. The van der Waals surface area contributed by atoms with Gasteiger partial charge in [0, 0.05) is 0 Å². The molecule has 6 rings (SSSR count). The molecule has 5 N–H and O–H groups in total. The molecule has 0 saturated carbocycles. The summed E-state index contributed by atoms with van der Waals surface area (Å²) in [5.41, 5.74) is 5.90. The molecule has 0 radical (unpaired) electrons. The number of H-pyrrole nitrogens is 2. The number of halogens is 1. The van der Waals surface area contributed by atoms with E-state index in [0.29, 0.717) is 17.0 Å². The zero-order valence-electron chi connectivity index (χ0n) is 20.9. The molecule has 1 fully saturated rings. The van der Waals surface area contributed by atoms with Crippen molar-refractivity contribution in [2.24, 2.45) is 0 Å². The standard InChI is InChI=1S/C19H22FN9O8P2S2/c1-8-3-28-11(25-9-2-22-6-23-15(9)28)5-34-39(32,41)37-14-12(20)10(4-33-38(31,40)36-8)35-18(14)29-7-24-13-16(29)26-19(21)27-17(13)30/h2,6-8,10,12,14,18H,3-5H2,1H3,(H5,21,26,27,30,31,32,40,41)/p+1/t8-,10+,12+,14+,18+,38?,39?/m0/s1. The Labute approximate surface area is 239 Å². The molecule has 6 heterocycles. The van der Waals surface area contributed by atoms with Crippen LogP contribution in [0.2, 0.25) is 0 Å². The fraction of sp³-hybridized carbons (Fsp3) is 0.474. The first kappa shape index (κ1) is 28.7. The average molecular weight is 651 g/mol. The second-order valence-electron chi connectivity index (χ2n) is 9.22. The van der Waals surface area contributed by atoms with Crippen molar-refractivity contribution >= 4 is 65.8 Å². The van der Waals surface area contributed by atoms with Crippen molar-refractivity contribution in [2.45, 2.75) is 50.8 Å². The van der Waals surface area contributed by atoms with Crippen molar-refractivity contribution in [1.82, 2.24) is 34.5 Å². The maximum atomic E-state index is 15.9. The summed E-state index contributed by atoms with van der Waals surface area (Å²) in [7, 11) is 0. The molecule has 7 atom stereocenters. The Morgan fingerprint density at radius 2 is 2.12 bits per heavy atom. The van der Waals surface area contributed by atoms with E-state index in [2.05, 4.69) is 42.2 Å². The number of imidazole rings is 2. The van der Waals surface area contributed by atoms with Gasteiger partial charge in [-0.05, 0) is 18.7 Å². The summed E-state index contributed by atoms with van der Waals surface area (Å²) in [6.07, 6.45) is -3.09. The number of hydrogen-bond acceptors (Lipinski definition) is 13. The molecule has 22 heteroatoms. The van der Waals surface area contributed by atoms with Crippen LogP contribution in [0, 0.1) is 0 Å². The number of thiol groups is 1. The number of aromatic nitrogens is 8. The van der Waals surface area contributed by atoms with Crippen LogP contribution in [0.25, 0.3) is 22.3 Å². The van der Waals surface area contributed by atoms with Gasteiger partial charge in [0.1, 0.15) is 18.8 Å². The lowest BCUT2D eigenvalue weighted by molar-refractivity contribution is -0.687. The monoisotopic (exact) mass is 650 g/mol. The third-order valence-corrected chi connectivity index (χ3v) is 9.59. The van der Waals surface area contributed by atoms with Crippen LogP contribution in [-0.4, -0.2) is 70.5 Å². The third-order valence-electron chi connectivity index (χ3n) is 6.31. The van der Waals surface area contributed by atoms with Crippen LogP contribution < -0.4 is 15.9 Å². The summed E-state index contributed by atoms with van der Waals surface area (Å²) in [5.74, 6) is 0.154. The van der Waals surface area contributed by atoms with Crippen molar-refractivity contribution in [3.05, 3.63) is 35.0 Å². The number of hydrogen-bond donors (Lipinski definition) is 5. The van der Waals surface area contributed by atoms with Crippen LogP contribution in [0.4, 0.5) is 10.3 Å². The van der Waals surface area contributed by atoms with E-state index < -0.39 is 56.4 Å². The minimum absolute atomic E-state index is 0.0440. The second-order valence-corrected chi connectivity index (χ2v) is 14.9. The van der Waals surface area contributed by atoms with Crippen LogP contribution in [0.15, 0.2) is 23.6 Å². The van der Waals surface area contributed by atoms with Crippen LogP contribution in [-0.2, 0) is 52.4 Å². The molecule has 1 saturated heterocycles. The van der Waals surface area contributed by atoms with E-state index in [1.165, 1.54) is 23.4 Å². The van der Waals surface area contributed by atoms with Gasteiger partial charge >= 0.3 is 19.2 Å². The van der Waals surface area contributed by atoms with Gasteiger partial charge in [-0.3, -0.25) is 37.4 Å². The predicted octanol–water partition coefficient (Wildman–Crippen LogP) is 0.788. The van der Waals surface area contributed by atoms with Gasteiger partial charge in [0.05, 0.1) is 31.8 Å². The zero-order valence-corrected chi connectivity index (χ0v) is 24.4. The van der Waals surface area contributed by atoms with E-state index in [1.54, 1.807) is 11.5 Å². The lowest BCUT2D eigenvalue weighted by Crippen LogP contribution is -2.43. The van der Waals surface area contributed by atoms with Gasteiger partial charge in [0.15, 0.2) is 35.4 Å². The van der Waals surface area contributed by atoms with Crippen molar-refractivity contribution in [2.75, 3.05) is 12.3 Å². The van der Waals surface area contributed by atoms with Crippen LogP contribution in [0.1, 0.15) is 19.0 Å². The first-order valence-electron chi connectivity index (χ1n) is 11.9. The molecule has 0 spiro atoms. The van der Waals surface area contributed by atoms with E-state index in [0.717, 1.165) is 0 Å². The molecule has 4 aromatic rings. The van der Waals surface area contributed by atoms with E-state index in [4.69, 9.17) is 40.4 Å². The molecule has 220 valence electrons. The summed E-state index contributed by atoms with van der Waals surface area (Å²) in [6.45, 7) is -7.36. The second kappa shape index (κ2) is 10.7. The largest absolute Gasteiger partial charge is 0.386 e. The number of rotatable bonds is 1. The van der Waals surface area contributed by atoms with E-state index >= 15 is 4.39 Å². The van der Waals surface area contributed by atoms with Crippen molar-refractivity contribution in [3.8, 4) is 0 Å². The Kier molecular flexibility index (Phi) is 7.51. The molecule has 2 aliphatic heterocycles. The Balaban J connectivity index is 1.39. The number of fused-ring (bicyclic) bond motifs is 6. The number of nitrogens with two attached hydrogens (primary N) is 1. The quantitative estimate of drug-likeness (QED) is 0.109. The molecule has 0 aromatic carbocycles. The van der Waals surface area contributed by atoms with Crippen LogP contribution >= 0.6 is 25.8 Å². The summed E-state index contributed by atoms with van der Waals surface area (Å²) in [4.78, 5) is 45.0. The smallest absolute Gasteiger partial charge is 0.369 e. The van der Waals surface area contributed by atoms with Crippen LogP contribution in [0.3, 0.4) is 0 Å². The predicted molar refractivity (Wildman–Crippen MR) is 145 cm³/mol. The molecule has 17 nitrogen and oxygen atoms in total. The van der Waals surface area contributed by atoms with Crippen molar-refractivity contribution in [3.63, 3.8) is 0 Å². The topological polar surface area (TPSA) is 218 Å². The summed E-state index contributed by atoms with van der Waals surface area (Å²) in [5, 5.41) is 0. The molecule has 0 amide bonds. The molecule has 41 heavy (non-hydrogen) atoms. The minimum Gasteiger partial charge on any atom is -0.369 e. The SMILES string of the molecule is C[C@H]1C[n+]2c([nH]c3cncnc32)COP(O)(=S)O[C@@H]2[C@H](F)[C@@H](COP(=O)(S)O1)O[C@H]2n1cnc2c(=O)[nH]c(N)nc21. The summed E-state index contributed by atoms with van der Waals surface area (Å²) >= 11 is 9.28. The summed E-state index contributed by atoms with van der Waals surface area (Å²) in [6, 6.07) is 0. The number of aromatic amines is 2. The van der Waals surface area contributed by atoms with Crippen LogP contribution in [0.5, 0.6) is 0 Å². The molecule has 2 aliphatic rings. The molecule has 2 bridgehead atoms. The number of nitrogens with zero attached hydrogens (tertiary/aromatic N) is 6. The summed E-state index contributed by atoms with van der Waals surface area (Å²) < 4.78 is 59.9. The maximum absolute atomic E-state index is 15.9. The highest BCUT2D eigenvalue weighted by molar-refractivity contribution is 8.44. The van der Waals surface area contributed by atoms with Gasteiger partial charge in [-0.1, -0.05) is 17.2 Å². The Bertz CT molecular complexity index is 1790. The van der Waals surface area contributed by atoms with Gasteiger partial charge < -0.3 is 15.4 Å². The molecular weight excluding hydrogens is 627 g/mol. The van der Waals surface area contributed by atoms with Crippen molar-refractivity contribution in [1.29, 1.82) is 0 Å². The van der Waals surface area contributed by atoms with Gasteiger partial charge in [0.2, 0.25) is 11.8 Å². The number of alkyl halides is 1. The van der Waals surface area contributed by atoms with E-state index in [9.17, 15) is 14.3 Å². The number of anilines is 1. The molecule has 2 unspecified atom stereocenters. The normalized spacial score (nSPS) is 33.4. The Morgan fingerprint density at radius 3 is 2.93 bits per heavy atom. The van der Waals surface area contributed by atoms with Gasteiger partial charge in [-0.2, -0.15) is 4.98 Å². The third kappa shape index (κ3) is 5.69. The fourth-order valence-corrected chi connectivity index (χ4v) is 7.56. The Hall–Kier alpha value is -2.38. The number of nitrogens with one attached hydrogen (secondary N) is 2. The van der Waals surface area contributed by atoms with E-state index in [-0.39, 0.29) is 30.3 Å². The maximum Gasteiger partial charge on any atom is 0.386 e. The lowest BCUT2D eigenvalue weighted by atomic mass is 10.1. The highest BCUT2D eigenvalue weighted by Crippen LogP contribution is 2.55. The zero-order chi connectivity index (χ0) is 29.1. The van der Waals surface area contributed by atoms with E-state index in [1.807, 2.05) is 0 Å². The highest BCUT2D eigenvalue weighted by atomic mass is 32.7. The molecular formula is C19H23FN9O8P2S2+. The first-order chi connectivity index (χ1) is 19.4. The average Bonchev–Trinajstić information content (AvgIpc) is 3.55. The highest BCUT2D eigenvalue weighted by Gasteiger charge is 2.50. The number of ether oxygens (including phenoxy) is 1.